The van der Waals surface area contributed by atoms with E-state index in [1.165, 1.54) is 19.1 Å². The highest BCUT2D eigenvalue weighted by Crippen LogP contribution is 2.19. The Morgan fingerprint density at radius 2 is 2.24 bits per heavy atom. The molecule has 6 heteroatoms. The molecule has 17 heavy (non-hydrogen) atoms. The molecule has 92 valence electrons. The molecule has 6 nitrogen and oxygen atoms in total. The Kier molecular flexibility index (Phi) is 4.17. The minimum Gasteiger partial charge on any atom is -0.392 e. The number of aliphatic hydroxyl groups excluding tert-OH is 1. The van der Waals surface area contributed by atoms with Crippen LogP contribution in [0.1, 0.15) is 22.8 Å². The number of nitro groups is 1. The van der Waals surface area contributed by atoms with Crippen LogP contribution in [0.25, 0.3) is 0 Å². The van der Waals surface area contributed by atoms with Gasteiger partial charge in [-0.25, -0.2) is 0 Å². The first-order valence-electron chi connectivity index (χ1n) is 5.13. The Balaban J connectivity index is 2.98. The van der Waals surface area contributed by atoms with Gasteiger partial charge in [0.2, 0.25) is 0 Å². The third-order valence-corrected chi connectivity index (χ3v) is 2.15. The molecule has 1 unspecified atom stereocenters. The quantitative estimate of drug-likeness (QED) is 0.605. The number of rotatable bonds is 4. The van der Waals surface area contributed by atoms with E-state index in [0.29, 0.717) is 0 Å². The summed E-state index contributed by atoms with van der Waals surface area (Å²) in [4.78, 5) is 21.9. The molecule has 0 aliphatic heterocycles. The molecule has 1 atom stereocenters. The lowest BCUT2D eigenvalue weighted by Crippen LogP contribution is -2.31. The van der Waals surface area contributed by atoms with Crippen LogP contribution in [0.3, 0.4) is 0 Å². The minimum atomic E-state index is -0.692. The lowest BCUT2D eigenvalue weighted by Gasteiger charge is -2.08. The Labute approximate surface area is 98.4 Å². The van der Waals surface area contributed by atoms with Crippen molar-refractivity contribution in [2.45, 2.75) is 20.0 Å². The number of hydrogen-bond donors (Lipinski definition) is 2. The van der Waals surface area contributed by atoms with Crippen molar-refractivity contribution in [1.29, 1.82) is 0 Å². The van der Waals surface area contributed by atoms with Gasteiger partial charge in [-0.3, -0.25) is 14.9 Å². The van der Waals surface area contributed by atoms with Gasteiger partial charge in [0.1, 0.15) is 5.56 Å². The van der Waals surface area contributed by atoms with Gasteiger partial charge in [-0.05, 0) is 25.5 Å². The highest BCUT2D eigenvalue weighted by atomic mass is 16.6. The normalized spacial score (nSPS) is 11.9. The third-order valence-electron chi connectivity index (χ3n) is 2.15. The van der Waals surface area contributed by atoms with E-state index in [1.54, 1.807) is 13.0 Å². The molecule has 0 radical (unpaired) electrons. The summed E-state index contributed by atoms with van der Waals surface area (Å²) < 4.78 is 0. The molecule has 0 aliphatic carbocycles. The van der Waals surface area contributed by atoms with E-state index < -0.39 is 16.9 Å². The van der Waals surface area contributed by atoms with E-state index in [4.69, 9.17) is 5.11 Å². The van der Waals surface area contributed by atoms with Crippen molar-refractivity contribution in [1.82, 2.24) is 5.32 Å². The summed E-state index contributed by atoms with van der Waals surface area (Å²) in [6.07, 6.45) is -0.692. The average molecular weight is 238 g/mol. The molecule has 0 aromatic heterocycles. The summed E-state index contributed by atoms with van der Waals surface area (Å²) in [5.74, 6) is -0.554. The van der Waals surface area contributed by atoms with Gasteiger partial charge in [0.05, 0.1) is 11.0 Å². The van der Waals surface area contributed by atoms with E-state index in [0.717, 1.165) is 5.56 Å². The number of nitrogens with zero attached hydrogens (tertiary/aromatic N) is 1. The summed E-state index contributed by atoms with van der Waals surface area (Å²) in [5, 5.41) is 22.2. The summed E-state index contributed by atoms with van der Waals surface area (Å²) in [5.41, 5.74) is 0.534. The maximum Gasteiger partial charge on any atom is 0.282 e. The SMILES string of the molecule is Cc1ccc([N+](=O)[O-])c(C(=O)NCC(C)O)c1. The second kappa shape index (κ2) is 5.40. The number of aryl methyl sites for hydroxylation is 1. The standard InChI is InChI=1S/C11H14N2O4/c1-7-3-4-10(13(16)17)9(5-7)11(15)12-6-8(2)14/h3-5,8,14H,6H2,1-2H3,(H,12,15). The second-order valence-electron chi connectivity index (χ2n) is 3.84. The molecule has 2 N–H and O–H groups in total. The van der Waals surface area contributed by atoms with Crippen LogP contribution < -0.4 is 5.32 Å². The number of nitro benzene ring substituents is 1. The summed E-state index contributed by atoms with van der Waals surface area (Å²) >= 11 is 0. The molecular weight excluding hydrogens is 224 g/mol. The van der Waals surface area contributed by atoms with Crippen molar-refractivity contribution >= 4 is 11.6 Å². The number of amides is 1. The molecule has 0 fully saturated rings. The fourth-order valence-electron chi connectivity index (χ4n) is 1.33. The molecule has 0 saturated heterocycles. The summed E-state index contributed by atoms with van der Waals surface area (Å²) in [6.45, 7) is 3.32. The van der Waals surface area contributed by atoms with Crippen LogP contribution in [0, 0.1) is 17.0 Å². The smallest absolute Gasteiger partial charge is 0.282 e. The highest BCUT2D eigenvalue weighted by Gasteiger charge is 2.19. The van der Waals surface area contributed by atoms with Gasteiger partial charge < -0.3 is 10.4 Å². The molecule has 0 saturated carbocycles. The van der Waals surface area contributed by atoms with Crippen LogP contribution in [0.5, 0.6) is 0 Å². The van der Waals surface area contributed by atoms with E-state index in [-0.39, 0.29) is 17.8 Å². The molecule has 1 aromatic rings. The molecule has 0 heterocycles. The number of carbonyl (C=O) groups excluding carboxylic acids is 1. The van der Waals surface area contributed by atoms with Gasteiger partial charge in [-0.2, -0.15) is 0 Å². The van der Waals surface area contributed by atoms with Gasteiger partial charge >= 0.3 is 0 Å². The van der Waals surface area contributed by atoms with Crippen LogP contribution in [-0.4, -0.2) is 28.6 Å². The van der Waals surface area contributed by atoms with Gasteiger partial charge in [0, 0.05) is 12.6 Å². The van der Waals surface area contributed by atoms with E-state index in [2.05, 4.69) is 5.32 Å². The van der Waals surface area contributed by atoms with Gasteiger partial charge in [0.25, 0.3) is 11.6 Å². The maximum atomic E-state index is 11.7. The van der Waals surface area contributed by atoms with Gasteiger partial charge in [0.15, 0.2) is 0 Å². The fraction of sp³-hybridized carbons (Fsp3) is 0.364. The first-order chi connectivity index (χ1) is 7.91. The lowest BCUT2D eigenvalue weighted by atomic mass is 10.1. The Morgan fingerprint density at radius 1 is 1.59 bits per heavy atom. The Hall–Kier alpha value is -1.95. The summed E-state index contributed by atoms with van der Waals surface area (Å²) in [6, 6.07) is 4.33. The molecular formula is C11H14N2O4. The van der Waals surface area contributed by atoms with Crippen molar-refractivity contribution in [3.63, 3.8) is 0 Å². The van der Waals surface area contributed by atoms with Crippen molar-refractivity contribution in [2.24, 2.45) is 0 Å². The molecule has 0 aliphatic rings. The van der Waals surface area contributed by atoms with Crippen molar-refractivity contribution < 1.29 is 14.8 Å². The van der Waals surface area contributed by atoms with Crippen molar-refractivity contribution in [3.05, 3.63) is 39.4 Å². The third kappa shape index (κ3) is 3.53. The summed E-state index contributed by atoms with van der Waals surface area (Å²) in [7, 11) is 0. The maximum absolute atomic E-state index is 11.7. The first-order valence-corrected chi connectivity index (χ1v) is 5.13. The topological polar surface area (TPSA) is 92.5 Å². The van der Waals surface area contributed by atoms with Crippen molar-refractivity contribution in [2.75, 3.05) is 6.54 Å². The van der Waals surface area contributed by atoms with Crippen LogP contribution in [-0.2, 0) is 0 Å². The number of nitrogens with one attached hydrogen (secondary N) is 1. The zero-order valence-electron chi connectivity index (χ0n) is 9.64. The number of hydrogen-bond acceptors (Lipinski definition) is 4. The zero-order chi connectivity index (χ0) is 13.0. The van der Waals surface area contributed by atoms with Crippen molar-refractivity contribution in [3.8, 4) is 0 Å². The predicted octanol–water partition coefficient (Wildman–Crippen LogP) is 1.01. The molecule has 1 rings (SSSR count). The molecule has 0 spiro atoms. The second-order valence-corrected chi connectivity index (χ2v) is 3.84. The fourth-order valence-corrected chi connectivity index (χ4v) is 1.33. The predicted molar refractivity (Wildman–Crippen MR) is 61.8 cm³/mol. The monoisotopic (exact) mass is 238 g/mol. The van der Waals surface area contributed by atoms with Gasteiger partial charge in [-0.1, -0.05) is 6.07 Å². The average Bonchev–Trinajstić information content (AvgIpc) is 2.25. The van der Waals surface area contributed by atoms with Crippen LogP contribution in [0.15, 0.2) is 18.2 Å². The molecule has 1 amide bonds. The van der Waals surface area contributed by atoms with Crippen LogP contribution in [0.2, 0.25) is 0 Å². The number of aliphatic hydroxyl groups is 1. The Morgan fingerprint density at radius 3 is 2.76 bits per heavy atom. The van der Waals surface area contributed by atoms with Crippen LogP contribution in [0.4, 0.5) is 5.69 Å². The largest absolute Gasteiger partial charge is 0.392 e. The van der Waals surface area contributed by atoms with E-state index in [1.807, 2.05) is 0 Å². The Bertz CT molecular complexity index is 443. The van der Waals surface area contributed by atoms with Gasteiger partial charge in [-0.15, -0.1) is 0 Å². The minimum absolute atomic E-state index is 0.00986. The number of carbonyl (C=O) groups is 1. The first kappa shape index (κ1) is 13.1. The highest BCUT2D eigenvalue weighted by molar-refractivity contribution is 5.98. The number of benzene rings is 1. The zero-order valence-corrected chi connectivity index (χ0v) is 9.64. The van der Waals surface area contributed by atoms with Crippen LogP contribution >= 0.6 is 0 Å². The lowest BCUT2D eigenvalue weighted by molar-refractivity contribution is -0.385. The van der Waals surface area contributed by atoms with E-state index >= 15 is 0 Å². The van der Waals surface area contributed by atoms with E-state index in [9.17, 15) is 14.9 Å². The molecule has 0 bridgehead atoms. The molecule has 1 aromatic carbocycles.